The smallest absolute Gasteiger partial charge is 0.0990 e. The molecular weight excluding hydrogens is 240 g/mol. The molecule has 1 aromatic heterocycles. The predicted molar refractivity (Wildman–Crippen MR) is 77.3 cm³/mol. The highest BCUT2D eigenvalue weighted by molar-refractivity contribution is 7.12. The largest absolute Gasteiger partial charge is 0.307 e. The third kappa shape index (κ3) is 2.62. The molecule has 1 aromatic rings. The molecule has 18 heavy (non-hydrogen) atoms. The first-order valence-electron chi connectivity index (χ1n) is 7.12. The highest BCUT2D eigenvalue weighted by atomic mass is 32.1. The van der Waals surface area contributed by atoms with Gasteiger partial charge in [-0.3, -0.25) is 0 Å². The number of nitrogens with zero attached hydrogens (tertiary/aromatic N) is 1. The molecule has 3 heteroatoms. The Labute approximate surface area is 114 Å². The van der Waals surface area contributed by atoms with Crippen molar-refractivity contribution in [3.63, 3.8) is 0 Å². The zero-order valence-corrected chi connectivity index (χ0v) is 12.8. The fraction of sp³-hybridized carbons (Fsp3) is 0.800. The summed E-state index contributed by atoms with van der Waals surface area (Å²) in [7, 11) is 0. The van der Waals surface area contributed by atoms with Gasteiger partial charge in [0.05, 0.1) is 10.7 Å². The lowest BCUT2D eigenvalue weighted by atomic mass is 10.1. The Balaban J connectivity index is 1.80. The van der Waals surface area contributed by atoms with Crippen LogP contribution in [0, 0.1) is 0 Å². The van der Waals surface area contributed by atoms with Crippen molar-refractivity contribution in [1.29, 1.82) is 0 Å². The fourth-order valence-corrected chi connectivity index (χ4v) is 3.46. The highest BCUT2D eigenvalue weighted by Gasteiger charge is 2.43. The predicted octanol–water partition coefficient (Wildman–Crippen LogP) is 3.96. The van der Waals surface area contributed by atoms with Crippen LogP contribution in [0.5, 0.6) is 0 Å². The molecule has 0 amide bonds. The van der Waals surface area contributed by atoms with Crippen molar-refractivity contribution in [2.45, 2.75) is 76.8 Å². The van der Waals surface area contributed by atoms with Gasteiger partial charge in [-0.25, -0.2) is 4.98 Å². The van der Waals surface area contributed by atoms with Gasteiger partial charge >= 0.3 is 0 Å². The average Bonchev–Trinajstić information content (AvgIpc) is 3.18. The van der Waals surface area contributed by atoms with Gasteiger partial charge in [0.25, 0.3) is 0 Å². The average molecular weight is 264 g/mol. The van der Waals surface area contributed by atoms with Gasteiger partial charge in [0.2, 0.25) is 0 Å². The van der Waals surface area contributed by atoms with E-state index in [1.165, 1.54) is 41.3 Å². The normalized spacial score (nSPS) is 22.2. The maximum atomic E-state index is 4.99. The summed E-state index contributed by atoms with van der Waals surface area (Å²) in [5, 5.41) is 5.02. The zero-order chi connectivity index (χ0) is 13.0. The molecule has 0 aliphatic heterocycles. The molecule has 0 radical (unpaired) electrons. The van der Waals surface area contributed by atoms with Gasteiger partial charge in [-0.2, -0.15) is 0 Å². The van der Waals surface area contributed by atoms with Crippen LogP contribution in [0.3, 0.4) is 0 Å². The SMILES string of the molecule is CC(C)(C)NCc1sc(C2(C)CC2)nc1C1CC1. The van der Waals surface area contributed by atoms with Gasteiger partial charge in [0, 0.05) is 28.3 Å². The number of hydrogen-bond acceptors (Lipinski definition) is 3. The van der Waals surface area contributed by atoms with Gasteiger partial charge in [0.1, 0.15) is 0 Å². The molecular formula is C15H24N2S. The minimum Gasteiger partial charge on any atom is -0.307 e. The standard InChI is InChI=1S/C15H24N2S/c1-14(2,3)16-9-11-12(10-5-6-10)17-13(18-11)15(4)7-8-15/h10,16H,5-9H2,1-4H3. The van der Waals surface area contributed by atoms with E-state index in [1.54, 1.807) is 0 Å². The van der Waals surface area contributed by atoms with Crippen molar-refractivity contribution in [3.8, 4) is 0 Å². The molecule has 0 aromatic carbocycles. The lowest BCUT2D eigenvalue weighted by Gasteiger charge is -2.20. The van der Waals surface area contributed by atoms with Crippen LogP contribution in [0.2, 0.25) is 0 Å². The van der Waals surface area contributed by atoms with Crippen LogP contribution in [-0.4, -0.2) is 10.5 Å². The van der Waals surface area contributed by atoms with Gasteiger partial charge in [-0.1, -0.05) is 6.92 Å². The molecule has 2 nitrogen and oxygen atoms in total. The van der Waals surface area contributed by atoms with Gasteiger partial charge < -0.3 is 5.32 Å². The van der Waals surface area contributed by atoms with Crippen molar-refractivity contribution >= 4 is 11.3 Å². The molecule has 0 spiro atoms. The van der Waals surface area contributed by atoms with Crippen LogP contribution in [0.4, 0.5) is 0 Å². The zero-order valence-electron chi connectivity index (χ0n) is 12.0. The van der Waals surface area contributed by atoms with Crippen molar-refractivity contribution < 1.29 is 0 Å². The van der Waals surface area contributed by atoms with Gasteiger partial charge in [-0.15, -0.1) is 11.3 Å². The molecule has 2 fully saturated rings. The number of aromatic nitrogens is 1. The van der Waals surface area contributed by atoms with Crippen LogP contribution in [0.15, 0.2) is 0 Å². The van der Waals surface area contributed by atoms with Crippen LogP contribution in [0.1, 0.15) is 74.9 Å². The van der Waals surface area contributed by atoms with Crippen molar-refractivity contribution in [1.82, 2.24) is 10.3 Å². The van der Waals surface area contributed by atoms with E-state index in [0.29, 0.717) is 5.41 Å². The maximum Gasteiger partial charge on any atom is 0.0990 e. The summed E-state index contributed by atoms with van der Waals surface area (Å²) in [6, 6.07) is 0. The Morgan fingerprint density at radius 2 is 2.00 bits per heavy atom. The Hall–Kier alpha value is -0.410. The quantitative estimate of drug-likeness (QED) is 0.890. The van der Waals surface area contributed by atoms with E-state index >= 15 is 0 Å². The third-order valence-electron chi connectivity index (χ3n) is 3.99. The van der Waals surface area contributed by atoms with E-state index in [-0.39, 0.29) is 5.54 Å². The van der Waals surface area contributed by atoms with Gasteiger partial charge in [0.15, 0.2) is 0 Å². The lowest BCUT2D eigenvalue weighted by Crippen LogP contribution is -2.35. The minimum absolute atomic E-state index is 0.189. The van der Waals surface area contributed by atoms with Crippen molar-refractivity contribution in [2.24, 2.45) is 0 Å². The summed E-state index contributed by atoms with van der Waals surface area (Å²) in [5.74, 6) is 0.772. The number of hydrogen-bond donors (Lipinski definition) is 1. The molecule has 2 aliphatic rings. The van der Waals surface area contributed by atoms with E-state index in [9.17, 15) is 0 Å². The molecule has 0 bridgehead atoms. The van der Waals surface area contributed by atoms with Crippen LogP contribution < -0.4 is 5.32 Å². The number of rotatable bonds is 4. The summed E-state index contributed by atoms with van der Waals surface area (Å²) < 4.78 is 0. The molecule has 1 heterocycles. The molecule has 0 saturated heterocycles. The molecule has 0 unspecified atom stereocenters. The number of thiazole rings is 1. The van der Waals surface area contributed by atoms with Crippen molar-refractivity contribution in [2.75, 3.05) is 0 Å². The fourth-order valence-electron chi connectivity index (χ4n) is 2.17. The lowest BCUT2D eigenvalue weighted by molar-refractivity contribution is 0.425. The summed E-state index contributed by atoms with van der Waals surface area (Å²) in [6.07, 6.45) is 5.36. The summed E-state index contributed by atoms with van der Waals surface area (Å²) in [5.41, 5.74) is 2.03. The van der Waals surface area contributed by atoms with E-state index < -0.39 is 0 Å². The minimum atomic E-state index is 0.189. The molecule has 2 aliphatic carbocycles. The Kier molecular flexibility index (Phi) is 2.83. The third-order valence-corrected chi connectivity index (χ3v) is 5.36. The Morgan fingerprint density at radius 1 is 1.33 bits per heavy atom. The van der Waals surface area contributed by atoms with E-state index in [4.69, 9.17) is 4.98 Å². The van der Waals surface area contributed by atoms with Gasteiger partial charge in [-0.05, 0) is 46.5 Å². The van der Waals surface area contributed by atoms with Crippen LogP contribution in [-0.2, 0) is 12.0 Å². The second-order valence-corrected chi connectivity index (χ2v) is 8.35. The maximum absolute atomic E-state index is 4.99. The van der Waals surface area contributed by atoms with Crippen molar-refractivity contribution in [3.05, 3.63) is 15.6 Å². The van der Waals surface area contributed by atoms with E-state index in [1.807, 2.05) is 11.3 Å². The molecule has 2 saturated carbocycles. The molecule has 3 rings (SSSR count). The van der Waals surface area contributed by atoms with Crippen LogP contribution in [0.25, 0.3) is 0 Å². The molecule has 1 N–H and O–H groups in total. The summed E-state index contributed by atoms with van der Waals surface area (Å²) in [4.78, 5) is 6.48. The summed E-state index contributed by atoms with van der Waals surface area (Å²) >= 11 is 1.96. The first kappa shape index (κ1) is 12.6. The Morgan fingerprint density at radius 3 is 2.50 bits per heavy atom. The second kappa shape index (κ2) is 4.04. The molecule has 100 valence electrons. The second-order valence-electron chi connectivity index (χ2n) is 7.27. The number of nitrogens with one attached hydrogen (secondary N) is 1. The van der Waals surface area contributed by atoms with Crippen LogP contribution >= 0.6 is 11.3 Å². The monoisotopic (exact) mass is 264 g/mol. The van der Waals surface area contributed by atoms with E-state index in [2.05, 4.69) is 33.0 Å². The highest BCUT2D eigenvalue weighted by Crippen LogP contribution is 2.51. The first-order valence-corrected chi connectivity index (χ1v) is 7.94. The van der Waals surface area contributed by atoms with E-state index in [0.717, 1.165) is 12.5 Å². The topological polar surface area (TPSA) is 24.9 Å². The first-order chi connectivity index (χ1) is 8.37. The summed E-state index contributed by atoms with van der Waals surface area (Å²) in [6.45, 7) is 10.0. The Bertz CT molecular complexity index is 448. The molecule has 0 atom stereocenters.